The van der Waals surface area contributed by atoms with Gasteiger partial charge in [0.2, 0.25) is 11.8 Å². The Morgan fingerprint density at radius 2 is 0.804 bits per heavy atom. The van der Waals surface area contributed by atoms with Gasteiger partial charge in [-0.3, -0.25) is 14.4 Å². The van der Waals surface area contributed by atoms with Crippen molar-refractivity contribution in [2.24, 2.45) is 11.8 Å². The molecule has 3 aliphatic rings. The first-order chi connectivity index (χ1) is 22.3. The van der Waals surface area contributed by atoms with Crippen LogP contribution in [-0.2, 0) is 25.2 Å². The van der Waals surface area contributed by atoms with Crippen molar-refractivity contribution < 1.29 is 14.4 Å². The molecule has 0 aromatic heterocycles. The Hall–Kier alpha value is -4.48. The smallest absolute Gasteiger partial charge is 0.239 e. The average molecular weight is 661 g/mol. The molecule has 1 heterocycles. The van der Waals surface area contributed by atoms with Crippen molar-refractivity contribution in [2.75, 3.05) is 4.90 Å². The summed E-state index contributed by atoms with van der Waals surface area (Å²) in [5.41, 5.74) is 1.59. The molecule has 0 spiro atoms. The molecule has 1 saturated carbocycles. The van der Waals surface area contributed by atoms with Gasteiger partial charge in [-0.2, -0.15) is 0 Å². The number of Topliss-reactive ketones (excluding diaryl/α,β-unsaturated/α-hetero) is 1. The maximum atomic E-state index is 15.9. The van der Waals surface area contributed by atoms with Crippen LogP contribution < -0.4 is 4.90 Å². The van der Waals surface area contributed by atoms with E-state index in [9.17, 15) is 9.59 Å². The Bertz CT molecular complexity index is 1950. The zero-order valence-corrected chi connectivity index (χ0v) is 26.4. The van der Waals surface area contributed by atoms with Gasteiger partial charge < -0.3 is 0 Å². The third-order valence-corrected chi connectivity index (χ3v) is 10.6. The SMILES string of the molecule is O=C1[C@H]2[C@H](C(=O)N1c1ccc(Cl)cc1)[C@@]1(c3ccc(Cl)cc3)C(=O)[C@@]2(c2ccc(Cl)cc2)C(c2ccccc2)=C1c1ccccc1. The number of hydrogen-bond acceptors (Lipinski definition) is 3. The Morgan fingerprint density at radius 1 is 0.457 bits per heavy atom. The minimum absolute atomic E-state index is 0.213. The highest BCUT2D eigenvalue weighted by Gasteiger charge is 2.82. The monoisotopic (exact) mass is 659 g/mol. The first-order valence-electron chi connectivity index (χ1n) is 14.9. The van der Waals surface area contributed by atoms with Crippen LogP contribution in [0.3, 0.4) is 0 Å². The molecule has 2 bridgehead atoms. The topological polar surface area (TPSA) is 54.5 Å². The van der Waals surface area contributed by atoms with E-state index in [2.05, 4.69) is 0 Å². The fourth-order valence-corrected chi connectivity index (χ4v) is 8.58. The Morgan fingerprint density at radius 3 is 1.17 bits per heavy atom. The first kappa shape index (κ1) is 29.0. The number of fused-ring (bicyclic) bond motifs is 5. The minimum atomic E-state index is -1.52. The summed E-state index contributed by atoms with van der Waals surface area (Å²) in [6, 6.07) is 40.2. The maximum Gasteiger partial charge on any atom is 0.239 e. The van der Waals surface area contributed by atoms with Crippen LogP contribution in [0.1, 0.15) is 22.3 Å². The van der Waals surface area contributed by atoms with Crippen LogP contribution in [0, 0.1) is 11.8 Å². The molecule has 224 valence electrons. The van der Waals surface area contributed by atoms with Gasteiger partial charge in [0.25, 0.3) is 0 Å². The molecule has 7 heteroatoms. The van der Waals surface area contributed by atoms with Gasteiger partial charge in [0.15, 0.2) is 5.78 Å². The average Bonchev–Trinajstić information content (AvgIpc) is 3.58. The highest BCUT2D eigenvalue weighted by Crippen LogP contribution is 2.74. The molecule has 5 aromatic carbocycles. The minimum Gasteiger partial charge on any atom is -0.297 e. The van der Waals surface area contributed by atoms with Crippen molar-refractivity contribution in [3.05, 3.63) is 171 Å². The molecule has 0 unspecified atom stereocenters. The number of carbonyl (C=O) groups is 3. The van der Waals surface area contributed by atoms with E-state index in [1.165, 1.54) is 4.90 Å². The lowest BCUT2D eigenvalue weighted by Crippen LogP contribution is -2.45. The van der Waals surface area contributed by atoms with Crippen molar-refractivity contribution in [2.45, 2.75) is 10.8 Å². The van der Waals surface area contributed by atoms with Crippen LogP contribution in [0.5, 0.6) is 0 Å². The normalized spacial score (nSPS) is 25.0. The Kier molecular flexibility index (Phi) is 6.63. The summed E-state index contributed by atoms with van der Waals surface area (Å²) >= 11 is 19.0. The van der Waals surface area contributed by atoms with Crippen molar-refractivity contribution in [1.82, 2.24) is 0 Å². The number of anilines is 1. The second-order valence-corrected chi connectivity index (χ2v) is 13.2. The van der Waals surface area contributed by atoms with E-state index in [4.69, 9.17) is 34.8 Å². The summed E-state index contributed by atoms with van der Waals surface area (Å²) in [6.45, 7) is 0. The molecule has 2 aliphatic carbocycles. The molecule has 1 saturated heterocycles. The number of allylic oxidation sites excluding steroid dienone is 2. The number of halogens is 3. The molecule has 4 atom stereocenters. The Balaban J connectivity index is 1.56. The van der Waals surface area contributed by atoms with Crippen LogP contribution in [0.4, 0.5) is 5.69 Å². The first-order valence-corrected chi connectivity index (χ1v) is 16.0. The number of amides is 2. The standard InChI is InChI=1S/C39H24Cl3NO3/c40-27-15-11-25(12-16-27)38-31(23-7-3-1-4-8-23)32(24-9-5-2-6-10-24)39(37(38)46,26-13-17-28(41)18-14-26)34-33(38)35(44)43(36(34)45)30-21-19-29(42)20-22-30/h1-22,33-34H/t33-,34-,38+,39+/m1/s1. The number of ketones is 1. The lowest BCUT2D eigenvalue weighted by atomic mass is 9.59. The summed E-state index contributed by atoms with van der Waals surface area (Å²) in [6.07, 6.45) is 0. The van der Waals surface area contributed by atoms with Crippen LogP contribution >= 0.6 is 34.8 Å². The fraction of sp³-hybridized carbons (Fsp3) is 0.103. The molecule has 1 aliphatic heterocycles. The molecular formula is C39H24Cl3NO3. The number of benzene rings is 5. The van der Waals surface area contributed by atoms with E-state index in [0.717, 1.165) is 11.1 Å². The zero-order valence-electron chi connectivity index (χ0n) is 24.2. The van der Waals surface area contributed by atoms with Crippen molar-refractivity contribution in [3.63, 3.8) is 0 Å². The quantitative estimate of drug-likeness (QED) is 0.177. The van der Waals surface area contributed by atoms with Crippen LogP contribution in [0.25, 0.3) is 11.1 Å². The van der Waals surface area contributed by atoms with E-state index in [-0.39, 0.29) is 5.78 Å². The van der Waals surface area contributed by atoms with E-state index in [1.54, 1.807) is 48.5 Å². The molecule has 0 N–H and O–H groups in total. The number of nitrogens with zero attached hydrogens (tertiary/aromatic N) is 1. The predicted octanol–water partition coefficient (Wildman–Crippen LogP) is 8.84. The van der Waals surface area contributed by atoms with E-state index >= 15 is 4.79 Å². The highest BCUT2D eigenvalue weighted by atomic mass is 35.5. The van der Waals surface area contributed by atoms with E-state index < -0.39 is 34.5 Å². The van der Waals surface area contributed by atoms with Crippen LogP contribution in [-0.4, -0.2) is 17.6 Å². The van der Waals surface area contributed by atoms with Crippen molar-refractivity contribution in [3.8, 4) is 0 Å². The summed E-state index contributed by atoms with van der Waals surface area (Å²) in [4.78, 5) is 47.1. The Labute approximate surface area is 280 Å². The van der Waals surface area contributed by atoms with Gasteiger partial charge in [0.05, 0.1) is 28.4 Å². The molecule has 8 rings (SSSR count). The van der Waals surface area contributed by atoms with E-state index in [0.29, 0.717) is 43.0 Å². The van der Waals surface area contributed by atoms with Gasteiger partial charge in [-0.15, -0.1) is 0 Å². The number of rotatable bonds is 5. The fourth-order valence-electron chi connectivity index (χ4n) is 8.20. The molecule has 46 heavy (non-hydrogen) atoms. The molecule has 5 aromatic rings. The van der Waals surface area contributed by atoms with Crippen LogP contribution in [0.2, 0.25) is 15.1 Å². The molecular weight excluding hydrogens is 637 g/mol. The van der Waals surface area contributed by atoms with Gasteiger partial charge in [0.1, 0.15) is 0 Å². The zero-order chi connectivity index (χ0) is 31.8. The van der Waals surface area contributed by atoms with Gasteiger partial charge in [-0.1, -0.05) is 120 Å². The number of carbonyl (C=O) groups excluding carboxylic acids is 3. The largest absolute Gasteiger partial charge is 0.297 e. The van der Waals surface area contributed by atoms with Gasteiger partial charge in [-0.05, 0) is 81.9 Å². The van der Waals surface area contributed by atoms with Crippen molar-refractivity contribution >= 4 is 69.2 Å². The summed E-state index contributed by atoms with van der Waals surface area (Å²) < 4.78 is 0. The summed E-state index contributed by atoms with van der Waals surface area (Å²) in [7, 11) is 0. The van der Waals surface area contributed by atoms with Gasteiger partial charge in [0, 0.05) is 15.1 Å². The maximum absolute atomic E-state index is 15.9. The number of hydrogen-bond donors (Lipinski definition) is 0. The van der Waals surface area contributed by atoms with Gasteiger partial charge >= 0.3 is 0 Å². The molecule has 2 amide bonds. The van der Waals surface area contributed by atoms with Crippen molar-refractivity contribution in [1.29, 1.82) is 0 Å². The second-order valence-electron chi connectivity index (χ2n) is 11.9. The summed E-state index contributed by atoms with van der Waals surface area (Å²) in [5, 5.41) is 1.47. The molecule has 2 fully saturated rings. The third kappa shape index (κ3) is 3.72. The molecule has 4 nitrogen and oxygen atoms in total. The summed E-state index contributed by atoms with van der Waals surface area (Å²) in [5.74, 6) is -3.16. The lowest BCUT2D eigenvalue weighted by Gasteiger charge is -2.39. The lowest BCUT2D eigenvalue weighted by molar-refractivity contribution is -0.130. The van der Waals surface area contributed by atoms with Crippen LogP contribution in [0.15, 0.2) is 133 Å². The second kappa shape index (κ2) is 10.5. The van der Waals surface area contributed by atoms with Gasteiger partial charge in [-0.25, -0.2) is 4.90 Å². The van der Waals surface area contributed by atoms with E-state index in [1.807, 2.05) is 84.9 Å². The highest BCUT2D eigenvalue weighted by molar-refractivity contribution is 6.39. The third-order valence-electron chi connectivity index (χ3n) is 9.80. The predicted molar refractivity (Wildman–Crippen MR) is 182 cm³/mol. The number of imide groups is 1. The molecule has 0 radical (unpaired) electrons.